The van der Waals surface area contributed by atoms with Crippen LogP contribution in [0.15, 0.2) is 103 Å². The third-order valence-electron chi connectivity index (χ3n) is 6.79. The molecule has 34 heavy (non-hydrogen) atoms. The number of para-hydroxylation sites is 1. The molecule has 1 aromatic heterocycles. The molecule has 0 aliphatic carbocycles. The molecule has 1 aliphatic heterocycles. The molecule has 0 bridgehead atoms. The average molecular weight is 473 g/mol. The number of imidazole rings is 1. The smallest absolute Gasteiger partial charge is 0.222 e. The Morgan fingerprint density at radius 2 is 1.53 bits per heavy atom. The molecule has 7 heteroatoms. The van der Waals surface area contributed by atoms with Crippen LogP contribution in [0, 0.1) is 0 Å². The van der Waals surface area contributed by atoms with E-state index in [1.54, 1.807) is 6.20 Å². The van der Waals surface area contributed by atoms with Gasteiger partial charge in [-0.2, -0.15) is 0 Å². The minimum Gasteiger partial charge on any atom is -0.364 e. The van der Waals surface area contributed by atoms with E-state index in [2.05, 4.69) is 34.1 Å². The highest BCUT2D eigenvalue weighted by Crippen LogP contribution is 2.47. The predicted octanol–water partition coefficient (Wildman–Crippen LogP) is 4.46. The van der Waals surface area contributed by atoms with Crippen LogP contribution >= 0.6 is 0 Å². The van der Waals surface area contributed by atoms with Gasteiger partial charge in [-0.1, -0.05) is 78.9 Å². The van der Waals surface area contributed by atoms with Crippen LogP contribution in [0.1, 0.15) is 35.8 Å². The Balaban J connectivity index is 1.60. The number of benzene rings is 3. The molecule has 2 atom stereocenters. The maximum Gasteiger partial charge on any atom is 0.222 e. The Hall–Kier alpha value is -3.42. The van der Waals surface area contributed by atoms with Crippen molar-refractivity contribution in [2.24, 2.45) is 5.14 Å². The van der Waals surface area contributed by atoms with E-state index in [-0.39, 0.29) is 6.04 Å². The first kappa shape index (κ1) is 22.4. The number of nitrogens with zero attached hydrogens (tertiary/aromatic N) is 3. The van der Waals surface area contributed by atoms with Gasteiger partial charge in [-0.3, -0.25) is 0 Å². The minimum absolute atomic E-state index is 0.169. The van der Waals surface area contributed by atoms with Gasteiger partial charge in [0.1, 0.15) is 10.6 Å². The number of aromatic nitrogens is 2. The van der Waals surface area contributed by atoms with Crippen molar-refractivity contribution in [3.63, 3.8) is 0 Å². The van der Waals surface area contributed by atoms with E-state index >= 15 is 0 Å². The van der Waals surface area contributed by atoms with Crippen LogP contribution in [0.4, 0.5) is 5.69 Å². The van der Waals surface area contributed by atoms with Crippen molar-refractivity contribution in [3.05, 3.63) is 120 Å². The molecule has 174 valence electrons. The second-order valence-electron chi connectivity index (χ2n) is 8.81. The van der Waals surface area contributed by atoms with Crippen molar-refractivity contribution in [1.29, 1.82) is 0 Å². The standard InChI is InChI=1S/C27H28N4O2S/c28-34(32,33)27(26-29-17-19-30(26)21-22-10-4-1-5-11-22)16-18-31(24-14-8-3-9-15-24)25(20-27)23-12-6-2-7-13-23/h1-15,17,19,25H,16,18,20-21H2,(H2,28,32,33). The van der Waals surface area contributed by atoms with Gasteiger partial charge < -0.3 is 9.47 Å². The Kier molecular flexibility index (Phi) is 5.98. The number of rotatable bonds is 6. The summed E-state index contributed by atoms with van der Waals surface area (Å²) in [6, 6.07) is 30.0. The second kappa shape index (κ2) is 9.08. The van der Waals surface area contributed by atoms with Gasteiger partial charge in [-0.15, -0.1) is 0 Å². The zero-order valence-electron chi connectivity index (χ0n) is 18.9. The van der Waals surface area contributed by atoms with Crippen molar-refractivity contribution in [1.82, 2.24) is 9.55 Å². The van der Waals surface area contributed by atoms with E-state index < -0.39 is 14.8 Å². The fourth-order valence-electron chi connectivity index (χ4n) is 5.09. The molecule has 1 aliphatic rings. The van der Waals surface area contributed by atoms with Crippen molar-refractivity contribution < 1.29 is 8.42 Å². The van der Waals surface area contributed by atoms with E-state index in [9.17, 15) is 8.42 Å². The molecule has 4 aromatic rings. The number of sulfonamides is 1. The summed E-state index contributed by atoms with van der Waals surface area (Å²) in [7, 11) is -3.98. The highest BCUT2D eigenvalue weighted by Gasteiger charge is 2.52. The van der Waals surface area contributed by atoms with Gasteiger partial charge in [0, 0.05) is 37.6 Å². The monoisotopic (exact) mass is 472 g/mol. The van der Waals surface area contributed by atoms with Crippen molar-refractivity contribution in [3.8, 4) is 0 Å². The number of anilines is 1. The molecule has 6 nitrogen and oxygen atoms in total. The highest BCUT2D eigenvalue weighted by molar-refractivity contribution is 7.90. The number of hydrogen-bond donors (Lipinski definition) is 1. The summed E-state index contributed by atoms with van der Waals surface area (Å²) in [4.78, 5) is 6.87. The van der Waals surface area contributed by atoms with Crippen molar-refractivity contribution in [2.75, 3.05) is 11.4 Å². The van der Waals surface area contributed by atoms with Crippen LogP contribution in [0.25, 0.3) is 0 Å². The first-order chi connectivity index (χ1) is 16.5. The minimum atomic E-state index is -3.98. The molecule has 2 unspecified atom stereocenters. The molecule has 5 rings (SSSR count). The van der Waals surface area contributed by atoms with Crippen molar-refractivity contribution >= 4 is 15.7 Å². The van der Waals surface area contributed by atoms with Crippen LogP contribution in [0.3, 0.4) is 0 Å². The Morgan fingerprint density at radius 1 is 0.912 bits per heavy atom. The predicted molar refractivity (Wildman–Crippen MR) is 135 cm³/mol. The molecule has 3 aromatic carbocycles. The average Bonchev–Trinajstić information content (AvgIpc) is 3.33. The normalized spacial score (nSPS) is 20.9. The lowest BCUT2D eigenvalue weighted by atomic mass is 9.85. The quantitative estimate of drug-likeness (QED) is 0.449. The molecule has 0 spiro atoms. The zero-order valence-corrected chi connectivity index (χ0v) is 19.7. The molecule has 2 heterocycles. The SMILES string of the molecule is NS(=O)(=O)C1(c2nccn2Cc2ccccc2)CCN(c2ccccc2)C(c2ccccc2)C1. The topological polar surface area (TPSA) is 81.2 Å². The van der Waals surface area contributed by atoms with E-state index in [4.69, 9.17) is 5.14 Å². The fraction of sp³-hybridized carbons (Fsp3) is 0.222. The Labute approximate surface area is 200 Å². The van der Waals surface area contributed by atoms with Crippen LogP contribution in [-0.2, 0) is 21.3 Å². The van der Waals surface area contributed by atoms with Crippen molar-refractivity contribution in [2.45, 2.75) is 30.2 Å². The first-order valence-corrected chi connectivity index (χ1v) is 13.0. The summed E-state index contributed by atoms with van der Waals surface area (Å²) in [5.74, 6) is 0.507. The fourth-order valence-corrected chi connectivity index (χ4v) is 6.28. The summed E-state index contributed by atoms with van der Waals surface area (Å²) in [5.41, 5.74) is 3.19. The third kappa shape index (κ3) is 4.13. The molecule has 1 fully saturated rings. The van der Waals surface area contributed by atoms with Crippen LogP contribution < -0.4 is 10.0 Å². The van der Waals surface area contributed by atoms with Crippen LogP contribution in [-0.4, -0.2) is 24.5 Å². The van der Waals surface area contributed by atoms with E-state index in [1.165, 1.54) is 0 Å². The van der Waals surface area contributed by atoms with E-state index in [1.807, 2.05) is 77.5 Å². The summed E-state index contributed by atoms with van der Waals surface area (Å²) >= 11 is 0. The summed E-state index contributed by atoms with van der Waals surface area (Å²) in [5, 5.41) is 6.02. The van der Waals surface area contributed by atoms with Gasteiger partial charge in [0.05, 0.1) is 6.04 Å². The lowest BCUT2D eigenvalue weighted by molar-refractivity contribution is 0.345. The highest BCUT2D eigenvalue weighted by atomic mass is 32.2. The van der Waals surface area contributed by atoms with Crippen LogP contribution in [0.5, 0.6) is 0 Å². The Bertz CT molecular complexity index is 1340. The summed E-state index contributed by atoms with van der Waals surface area (Å²) in [6.07, 6.45) is 4.19. The second-order valence-corrected chi connectivity index (χ2v) is 10.7. The van der Waals surface area contributed by atoms with Gasteiger partial charge >= 0.3 is 0 Å². The van der Waals surface area contributed by atoms with Gasteiger partial charge in [0.15, 0.2) is 0 Å². The van der Waals surface area contributed by atoms with Crippen LogP contribution in [0.2, 0.25) is 0 Å². The Morgan fingerprint density at radius 3 is 2.18 bits per heavy atom. The number of hydrogen-bond acceptors (Lipinski definition) is 4. The van der Waals surface area contributed by atoms with E-state index in [0.29, 0.717) is 31.8 Å². The third-order valence-corrected chi connectivity index (χ3v) is 8.43. The van der Waals surface area contributed by atoms with Gasteiger partial charge in [0.2, 0.25) is 10.0 Å². The lowest BCUT2D eigenvalue weighted by Crippen LogP contribution is -2.52. The maximum absolute atomic E-state index is 13.3. The van der Waals surface area contributed by atoms with Gasteiger partial charge in [0.25, 0.3) is 0 Å². The maximum atomic E-state index is 13.3. The molecular formula is C27H28N4O2S. The largest absolute Gasteiger partial charge is 0.364 e. The van der Waals surface area contributed by atoms with Gasteiger partial charge in [-0.25, -0.2) is 18.5 Å². The molecule has 0 saturated carbocycles. The van der Waals surface area contributed by atoms with E-state index in [0.717, 1.165) is 16.8 Å². The molecule has 0 amide bonds. The number of primary sulfonamides is 1. The lowest BCUT2D eigenvalue weighted by Gasteiger charge is -2.46. The molecule has 1 saturated heterocycles. The summed E-state index contributed by atoms with van der Waals surface area (Å²) in [6.45, 7) is 1.07. The first-order valence-electron chi connectivity index (χ1n) is 11.4. The number of piperidine rings is 1. The van der Waals surface area contributed by atoms with Gasteiger partial charge in [-0.05, 0) is 29.7 Å². The number of nitrogens with two attached hydrogens (primary N) is 1. The summed E-state index contributed by atoms with van der Waals surface area (Å²) < 4.78 is 27.3. The zero-order chi connectivity index (χ0) is 23.6. The molecule has 2 N–H and O–H groups in total. The molecular weight excluding hydrogens is 444 g/mol. The molecule has 0 radical (unpaired) electrons.